The Bertz CT molecular complexity index is 515. The Morgan fingerprint density at radius 3 is 2.58 bits per heavy atom. The van der Waals surface area contributed by atoms with Gasteiger partial charge in [-0.1, -0.05) is 19.9 Å². The highest BCUT2D eigenvalue weighted by atomic mass is 79.9. The Balaban J connectivity index is 2.90. The maximum absolute atomic E-state index is 12.2. The highest BCUT2D eigenvalue weighted by Crippen LogP contribution is 2.23. The lowest BCUT2D eigenvalue weighted by Gasteiger charge is -2.11. The van der Waals surface area contributed by atoms with Crippen LogP contribution in [0.2, 0.25) is 0 Å². The Hall–Kier alpha value is -0.430. The fourth-order valence-corrected chi connectivity index (χ4v) is 3.69. The van der Waals surface area contributed by atoms with E-state index in [1.165, 1.54) is 0 Å². The zero-order valence-electron chi connectivity index (χ0n) is 11.5. The van der Waals surface area contributed by atoms with Crippen molar-refractivity contribution in [3.05, 3.63) is 28.2 Å². The summed E-state index contributed by atoms with van der Waals surface area (Å²) in [6, 6.07) is 5.36. The molecular weight excluding hydrogens is 328 g/mol. The maximum atomic E-state index is 12.2. The van der Waals surface area contributed by atoms with Crippen LogP contribution in [-0.2, 0) is 16.6 Å². The summed E-state index contributed by atoms with van der Waals surface area (Å²) in [7, 11) is -1.62. The van der Waals surface area contributed by atoms with Gasteiger partial charge in [0.25, 0.3) is 0 Å². The molecule has 6 heteroatoms. The second-order valence-electron chi connectivity index (χ2n) is 4.88. The molecule has 0 aliphatic rings. The van der Waals surface area contributed by atoms with Crippen molar-refractivity contribution in [1.82, 2.24) is 10.0 Å². The van der Waals surface area contributed by atoms with Gasteiger partial charge in [0, 0.05) is 17.6 Å². The van der Waals surface area contributed by atoms with Gasteiger partial charge in [0.1, 0.15) is 0 Å². The molecule has 0 radical (unpaired) electrons. The van der Waals surface area contributed by atoms with E-state index in [-0.39, 0.29) is 0 Å². The summed E-state index contributed by atoms with van der Waals surface area (Å²) in [4.78, 5) is 0.295. The van der Waals surface area contributed by atoms with Gasteiger partial charge in [-0.25, -0.2) is 13.1 Å². The van der Waals surface area contributed by atoms with Gasteiger partial charge in [-0.15, -0.1) is 0 Å². The third-order valence-electron chi connectivity index (χ3n) is 2.68. The molecule has 1 rings (SSSR count). The highest BCUT2D eigenvalue weighted by Gasteiger charge is 2.17. The van der Waals surface area contributed by atoms with Gasteiger partial charge in [-0.05, 0) is 53.0 Å². The first kappa shape index (κ1) is 16.6. The quantitative estimate of drug-likeness (QED) is 0.795. The lowest BCUT2D eigenvalue weighted by atomic mass is 10.1. The van der Waals surface area contributed by atoms with E-state index in [4.69, 9.17) is 0 Å². The number of benzene rings is 1. The zero-order valence-corrected chi connectivity index (χ0v) is 13.9. The summed E-state index contributed by atoms with van der Waals surface area (Å²) in [5, 5.41) is 3.01. The molecule has 0 atom stereocenters. The molecule has 0 aliphatic carbocycles. The van der Waals surface area contributed by atoms with Gasteiger partial charge >= 0.3 is 0 Å². The molecule has 0 heterocycles. The molecule has 0 amide bonds. The van der Waals surface area contributed by atoms with Crippen LogP contribution in [0.1, 0.15) is 25.8 Å². The number of rotatable bonds is 7. The van der Waals surface area contributed by atoms with Crippen LogP contribution in [0.15, 0.2) is 27.6 Å². The van der Waals surface area contributed by atoms with E-state index < -0.39 is 10.0 Å². The van der Waals surface area contributed by atoms with Crippen molar-refractivity contribution >= 4 is 26.0 Å². The summed E-state index contributed by atoms with van der Waals surface area (Å²) in [5.74, 6) is 0.474. The van der Waals surface area contributed by atoms with Gasteiger partial charge in [-0.3, -0.25) is 0 Å². The molecule has 1 aromatic carbocycles. The number of nitrogens with one attached hydrogen (secondary N) is 2. The van der Waals surface area contributed by atoms with Crippen LogP contribution >= 0.6 is 15.9 Å². The zero-order chi connectivity index (χ0) is 14.5. The third kappa shape index (κ3) is 5.22. The largest absolute Gasteiger partial charge is 0.316 e. The molecule has 0 saturated heterocycles. The summed E-state index contributed by atoms with van der Waals surface area (Å²) >= 11 is 3.30. The molecule has 1 aromatic rings. The topological polar surface area (TPSA) is 58.2 Å². The molecule has 108 valence electrons. The minimum atomic E-state index is -3.45. The predicted octanol–water partition coefficient (Wildman–Crippen LogP) is 2.49. The molecule has 4 nitrogen and oxygen atoms in total. The fourth-order valence-electron chi connectivity index (χ4n) is 1.63. The van der Waals surface area contributed by atoms with Crippen LogP contribution in [0, 0.1) is 5.92 Å². The number of halogens is 1. The van der Waals surface area contributed by atoms with E-state index in [1.54, 1.807) is 12.1 Å². The predicted molar refractivity (Wildman–Crippen MR) is 81.5 cm³/mol. The second-order valence-corrected chi connectivity index (χ2v) is 7.47. The van der Waals surface area contributed by atoms with E-state index in [0.717, 1.165) is 12.0 Å². The van der Waals surface area contributed by atoms with Crippen molar-refractivity contribution in [3.8, 4) is 0 Å². The minimum absolute atomic E-state index is 0.295. The van der Waals surface area contributed by atoms with Crippen LogP contribution in [0.25, 0.3) is 0 Å². The molecule has 0 fully saturated rings. The minimum Gasteiger partial charge on any atom is -0.316 e. The molecule has 0 saturated carbocycles. The van der Waals surface area contributed by atoms with E-state index in [2.05, 4.69) is 39.8 Å². The molecule has 19 heavy (non-hydrogen) atoms. The van der Waals surface area contributed by atoms with Gasteiger partial charge in [0.15, 0.2) is 0 Å². The lowest BCUT2D eigenvalue weighted by Crippen LogP contribution is -2.26. The van der Waals surface area contributed by atoms with Crippen molar-refractivity contribution in [1.29, 1.82) is 0 Å². The Morgan fingerprint density at radius 1 is 1.32 bits per heavy atom. The van der Waals surface area contributed by atoms with Gasteiger partial charge < -0.3 is 5.32 Å². The first-order chi connectivity index (χ1) is 8.86. The molecule has 0 aromatic heterocycles. The maximum Gasteiger partial charge on any atom is 0.241 e. The summed E-state index contributed by atoms with van der Waals surface area (Å²) in [5.41, 5.74) is 0.940. The summed E-state index contributed by atoms with van der Waals surface area (Å²) in [6.45, 7) is 5.24. The Labute approximate surface area is 124 Å². The van der Waals surface area contributed by atoms with Gasteiger partial charge in [-0.2, -0.15) is 0 Å². The first-order valence-corrected chi connectivity index (χ1v) is 8.57. The highest BCUT2D eigenvalue weighted by molar-refractivity contribution is 9.10. The molecule has 0 aliphatic heterocycles. The summed E-state index contributed by atoms with van der Waals surface area (Å²) in [6.07, 6.45) is 0.826. The van der Waals surface area contributed by atoms with Crippen molar-refractivity contribution in [3.63, 3.8) is 0 Å². The SMILES string of the molecule is CNCc1ccc(Br)c(S(=O)(=O)NCCC(C)C)c1. The second kappa shape index (κ2) is 7.38. The number of hydrogen-bond donors (Lipinski definition) is 2. The van der Waals surface area contributed by atoms with Crippen LogP contribution in [0.4, 0.5) is 0 Å². The van der Waals surface area contributed by atoms with E-state index in [0.29, 0.717) is 28.4 Å². The van der Waals surface area contributed by atoms with Crippen LogP contribution in [0.3, 0.4) is 0 Å². The summed E-state index contributed by atoms with van der Waals surface area (Å²) < 4.78 is 27.7. The van der Waals surface area contributed by atoms with Crippen molar-refractivity contribution in [2.75, 3.05) is 13.6 Å². The van der Waals surface area contributed by atoms with E-state index in [1.807, 2.05) is 13.1 Å². The smallest absolute Gasteiger partial charge is 0.241 e. The van der Waals surface area contributed by atoms with Crippen molar-refractivity contribution in [2.45, 2.75) is 31.7 Å². The molecule has 0 unspecified atom stereocenters. The van der Waals surface area contributed by atoms with E-state index >= 15 is 0 Å². The molecule has 0 bridgehead atoms. The van der Waals surface area contributed by atoms with Crippen molar-refractivity contribution < 1.29 is 8.42 Å². The third-order valence-corrected chi connectivity index (χ3v) is 5.13. The van der Waals surface area contributed by atoms with Crippen LogP contribution in [-0.4, -0.2) is 22.0 Å². The normalized spacial score (nSPS) is 12.1. The Kier molecular flexibility index (Phi) is 6.46. The van der Waals surface area contributed by atoms with Gasteiger partial charge in [0.2, 0.25) is 10.0 Å². The van der Waals surface area contributed by atoms with Crippen LogP contribution < -0.4 is 10.0 Å². The number of hydrogen-bond acceptors (Lipinski definition) is 3. The number of sulfonamides is 1. The monoisotopic (exact) mass is 348 g/mol. The molecule has 0 spiro atoms. The molecule has 2 N–H and O–H groups in total. The molecular formula is C13H21BrN2O2S. The average molecular weight is 349 g/mol. The lowest BCUT2D eigenvalue weighted by molar-refractivity contribution is 0.551. The first-order valence-electron chi connectivity index (χ1n) is 6.29. The van der Waals surface area contributed by atoms with Crippen molar-refractivity contribution in [2.24, 2.45) is 5.92 Å². The average Bonchev–Trinajstić information content (AvgIpc) is 2.31. The van der Waals surface area contributed by atoms with Gasteiger partial charge in [0.05, 0.1) is 4.90 Å². The Morgan fingerprint density at radius 2 is 2.00 bits per heavy atom. The van der Waals surface area contributed by atoms with Crippen LogP contribution in [0.5, 0.6) is 0 Å². The van der Waals surface area contributed by atoms with E-state index in [9.17, 15) is 8.42 Å². The standard InChI is InChI=1S/C13H21BrN2O2S/c1-10(2)6-7-16-19(17,18)13-8-11(9-15-3)4-5-12(13)14/h4-5,8,10,15-16H,6-7,9H2,1-3H3. The fraction of sp³-hybridized carbons (Fsp3) is 0.538.